The van der Waals surface area contributed by atoms with E-state index in [0.29, 0.717) is 6.61 Å². The summed E-state index contributed by atoms with van der Waals surface area (Å²) in [5.74, 6) is 0.836. The Morgan fingerprint density at radius 2 is 2.00 bits per heavy atom. The zero-order valence-corrected chi connectivity index (χ0v) is 12.0. The van der Waals surface area contributed by atoms with Crippen LogP contribution in [-0.4, -0.2) is 11.2 Å². The summed E-state index contributed by atoms with van der Waals surface area (Å²) in [6, 6.07) is 9.33. The molecule has 0 radical (unpaired) electrons. The first-order valence-corrected chi connectivity index (χ1v) is 6.51. The maximum Gasteiger partial charge on any atom is 0.269 e. The van der Waals surface area contributed by atoms with Gasteiger partial charge in [-0.15, -0.1) is 0 Å². The first-order valence-electron chi connectivity index (χ1n) is 6.14. The number of rotatable bonds is 3. The molecule has 3 nitrogen and oxygen atoms in total. The lowest BCUT2D eigenvalue weighted by Gasteiger charge is -2.12. The molecule has 19 heavy (non-hydrogen) atoms. The summed E-state index contributed by atoms with van der Waals surface area (Å²) >= 11 is 5.83. The molecule has 0 N–H and O–H groups in total. The van der Waals surface area contributed by atoms with Gasteiger partial charge in [0.25, 0.3) is 5.56 Å². The number of hydrogen-bond donors (Lipinski definition) is 0. The molecule has 100 valence electrons. The van der Waals surface area contributed by atoms with Crippen molar-refractivity contribution in [1.29, 1.82) is 0 Å². The number of benzene rings is 1. The van der Waals surface area contributed by atoms with E-state index in [1.807, 2.05) is 38.1 Å². The van der Waals surface area contributed by atoms with Gasteiger partial charge in [-0.25, -0.2) is 0 Å². The Kier molecular flexibility index (Phi) is 3.96. The van der Waals surface area contributed by atoms with Gasteiger partial charge in [-0.05, 0) is 49.7 Å². The molecule has 0 saturated heterocycles. The fraction of sp³-hybridized carbons (Fsp3) is 0.267. The number of ether oxygens (including phenoxy) is 1. The van der Waals surface area contributed by atoms with E-state index < -0.39 is 0 Å². The van der Waals surface area contributed by atoms with Crippen molar-refractivity contribution in [1.82, 2.24) is 4.57 Å². The smallest absolute Gasteiger partial charge is 0.269 e. The minimum absolute atomic E-state index is 0.188. The van der Waals surface area contributed by atoms with E-state index in [2.05, 4.69) is 0 Å². The first-order chi connectivity index (χ1) is 9.04. The molecule has 0 aliphatic carbocycles. The van der Waals surface area contributed by atoms with Gasteiger partial charge in [-0.1, -0.05) is 11.6 Å². The third kappa shape index (κ3) is 2.66. The van der Waals surface area contributed by atoms with Crippen LogP contribution in [0, 0.1) is 6.92 Å². The summed E-state index contributed by atoms with van der Waals surface area (Å²) in [7, 11) is 1.72. The molecule has 1 aromatic carbocycles. The minimum Gasteiger partial charge on any atom is -0.494 e. The minimum atomic E-state index is -0.188. The summed E-state index contributed by atoms with van der Waals surface area (Å²) in [6.45, 7) is 4.58. The summed E-state index contributed by atoms with van der Waals surface area (Å²) in [4.78, 5) is 11.8. The lowest BCUT2D eigenvalue weighted by molar-refractivity contribution is 0.340. The van der Waals surface area contributed by atoms with E-state index in [1.54, 1.807) is 17.7 Å². The Morgan fingerprint density at radius 3 is 2.63 bits per heavy atom. The Hall–Kier alpha value is -1.74. The Morgan fingerprint density at radius 1 is 1.26 bits per heavy atom. The molecule has 0 amide bonds. The van der Waals surface area contributed by atoms with Crippen molar-refractivity contribution in [2.75, 3.05) is 6.61 Å². The molecular weight excluding hydrogens is 262 g/mol. The highest BCUT2D eigenvalue weighted by Gasteiger charge is 2.09. The highest BCUT2D eigenvalue weighted by molar-refractivity contribution is 6.30. The summed E-state index contributed by atoms with van der Waals surface area (Å²) in [5.41, 5.74) is 2.71. The molecular formula is C15H16ClNO2. The summed E-state index contributed by atoms with van der Waals surface area (Å²) in [6.07, 6.45) is 0. The van der Waals surface area contributed by atoms with Gasteiger partial charge in [0.1, 0.15) is 10.8 Å². The van der Waals surface area contributed by atoms with E-state index in [1.165, 1.54) is 0 Å². The van der Waals surface area contributed by atoms with Gasteiger partial charge in [-0.2, -0.15) is 0 Å². The largest absolute Gasteiger partial charge is 0.494 e. The van der Waals surface area contributed by atoms with E-state index in [4.69, 9.17) is 16.3 Å². The van der Waals surface area contributed by atoms with Gasteiger partial charge >= 0.3 is 0 Å². The lowest BCUT2D eigenvalue weighted by Crippen LogP contribution is -2.18. The second-order valence-electron chi connectivity index (χ2n) is 4.34. The zero-order chi connectivity index (χ0) is 14.0. The average molecular weight is 278 g/mol. The van der Waals surface area contributed by atoms with Gasteiger partial charge in [0.15, 0.2) is 0 Å². The maximum absolute atomic E-state index is 11.8. The Balaban J connectivity index is 2.54. The highest BCUT2D eigenvalue weighted by Crippen LogP contribution is 2.26. The average Bonchev–Trinajstić information content (AvgIpc) is 2.38. The number of pyridine rings is 1. The van der Waals surface area contributed by atoms with Crippen LogP contribution in [0.3, 0.4) is 0 Å². The molecule has 0 spiro atoms. The SMILES string of the molecule is CCOc1ccc(-c2ccc(Cl)c(=O)n2C)c(C)c1. The van der Waals surface area contributed by atoms with Crippen molar-refractivity contribution in [3.8, 4) is 17.0 Å². The van der Waals surface area contributed by atoms with Gasteiger partial charge in [0.05, 0.1) is 12.3 Å². The fourth-order valence-corrected chi connectivity index (χ4v) is 2.25. The van der Waals surface area contributed by atoms with Crippen molar-refractivity contribution in [3.05, 3.63) is 51.3 Å². The summed E-state index contributed by atoms with van der Waals surface area (Å²) in [5, 5.41) is 0.231. The standard InChI is InChI=1S/C15H16ClNO2/c1-4-19-11-5-6-12(10(2)9-11)14-8-7-13(16)15(18)17(14)3/h5-9H,4H2,1-3H3. The van der Waals surface area contributed by atoms with Crippen molar-refractivity contribution < 1.29 is 4.74 Å². The fourth-order valence-electron chi connectivity index (χ4n) is 2.06. The van der Waals surface area contributed by atoms with Crippen LogP contribution in [0.4, 0.5) is 0 Å². The molecule has 0 atom stereocenters. The quantitative estimate of drug-likeness (QED) is 0.861. The number of aryl methyl sites for hydroxylation is 1. The van der Waals surface area contributed by atoms with Crippen LogP contribution in [0.25, 0.3) is 11.3 Å². The molecule has 0 aliphatic rings. The van der Waals surface area contributed by atoms with Crippen LogP contribution in [0.5, 0.6) is 5.75 Å². The topological polar surface area (TPSA) is 31.2 Å². The van der Waals surface area contributed by atoms with Crippen LogP contribution < -0.4 is 10.3 Å². The van der Waals surface area contributed by atoms with Crippen LogP contribution in [0.2, 0.25) is 5.02 Å². The predicted octanol–water partition coefficient (Wildman–Crippen LogP) is 3.41. The number of aromatic nitrogens is 1. The molecule has 0 saturated carbocycles. The molecule has 4 heteroatoms. The van der Waals surface area contributed by atoms with E-state index in [-0.39, 0.29) is 10.6 Å². The second kappa shape index (κ2) is 5.49. The third-order valence-corrected chi connectivity index (χ3v) is 3.33. The molecule has 0 fully saturated rings. The molecule has 2 aromatic rings. The van der Waals surface area contributed by atoms with Crippen LogP contribution in [0.1, 0.15) is 12.5 Å². The maximum atomic E-state index is 11.8. The van der Waals surface area contributed by atoms with Gasteiger partial charge < -0.3 is 9.30 Å². The van der Waals surface area contributed by atoms with Gasteiger partial charge in [0, 0.05) is 12.6 Å². The Bertz CT molecular complexity index is 662. The van der Waals surface area contributed by atoms with E-state index in [0.717, 1.165) is 22.6 Å². The van der Waals surface area contributed by atoms with E-state index in [9.17, 15) is 4.79 Å². The van der Waals surface area contributed by atoms with Crippen molar-refractivity contribution >= 4 is 11.6 Å². The number of hydrogen-bond acceptors (Lipinski definition) is 2. The molecule has 0 aliphatic heterocycles. The van der Waals surface area contributed by atoms with Crippen LogP contribution in [-0.2, 0) is 7.05 Å². The van der Waals surface area contributed by atoms with Crippen molar-refractivity contribution in [2.45, 2.75) is 13.8 Å². The molecule has 0 bridgehead atoms. The zero-order valence-electron chi connectivity index (χ0n) is 11.2. The highest BCUT2D eigenvalue weighted by atomic mass is 35.5. The van der Waals surface area contributed by atoms with E-state index >= 15 is 0 Å². The second-order valence-corrected chi connectivity index (χ2v) is 4.75. The van der Waals surface area contributed by atoms with Crippen molar-refractivity contribution in [2.24, 2.45) is 7.05 Å². The normalized spacial score (nSPS) is 10.5. The van der Waals surface area contributed by atoms with Gasteiger partial charge in [-0.3, -0.25) is 4.79 Å². The molecule has 1 heterocycles. The number of halogens is 1. The number of nitrogens with zero attached hydrogens (tertiary/aromatic N) is 1. The lowest BCUT2D eigenvalue weighted by atomic mass is 10.0. The molecule has 2 rings (SSSR count). The monoisotopic (exact) mass is 277 g/mol. The molecule has 1 aromatic heterocycles. The first kappa shape index (κ1) is 13.7. The predicted molar refractivity (Wildman–Crippen MR) is 78.0 cm³/mol. The summed E-state index contributed by atoms with van der Waals surface area (Å²) < 4.78 is 7.02. The van der Waals surface area contributed by atoms with Crippen LogP contribution in [0.15, 0.2) is 35.1 Å². The molecule has 0 unspecified atom stereocenters. The third-order valence-electron chi connectivity index (χ3n) is 3.04. The Labute approximate surface area is 117 Å². The van der Waals surface area contributed by atoms with Crippen molar-refractivity contribution in [3.63, 3.8) is 0 Å². The van der Waals surface area contributed by atoms with Gasteiger partial charge in [0.2, 0.25) is 0 Å². The van der Waals surface area contributed by atoms with Crippen LogP contribution >= 0.6 is 11.6 Å².